The monoisotopic (exact) mass is 447 g/mol. The van der Waals surface area contributed by atoms with Crippen molar-refractivity contribution < 1.29 is 14.0 Å². The van der Waals surface area contributed by atoms with Gasteiger partial charge in [-0.25, -0.2) is 4.39 Å². The number of hydrogen-bond donors (Lipinski definition) is 1. The van der Waals surface area contributed by atoms with E-state index < -0.39 is 5.54 Å². The maximum Gasteiger partial charge on any atom is 0.275 e. The van der Waals surface area contributed by atoms with Gasteiger partial charge in [0.25, 0.3) is 5.91 Å². The van der Waals surface area contributed by atoms with Crippen LogP contribution in [0.15, 0.2) is 54.6 Å². The van der Waals surface area contributed by atoms with Gasteiger partial charge in [-0.05, 0) is 56.2 Å². The van der Waals surface area contributed by atoms with Gasteiger partial charge in [-0.15, -0.1) is 0 Å². The molecule has 1 aliphatic carbocycles. The predicted molar refractivity (Wildman–Crippen MR) is 128 cm³/mol. The molecule has 172 valence electrons. The molecule has 2 aliphatic rings. The second kappa shape index (κ2) is 8.65. The number of benzene rings is 2. The fourth-order valence-electron chi connectivity index (χ4n) is 5.38. The molecular weight excluding hydrogens is 417 g/mol. The van der Waals surface area contributed by atoms with Gasteiger partial charge in [0.1, 0.15) is 17.1 Å². The lowest BCUT2D eigenvalue weighted by atomic mass is 9.91. The van der Waals surface area contributed by atoms with Crippen molar-refractivity contribution in [1.29, 1.82) is 0 Å². The molecule has 2 heterocycles. The number of carbonyl (C=O) groups excluding carboxylic acids is 2. The number of fused-ring (bicyclic) bond motifs is 3. The predicted octanol–water partition coefficient (Wildman–Crippen LogP) is 5.43. The van der Waals surface area contributed by atoms with Crippen LogP contribution in [0.1, 0.15) is 62.4 Å². The summed E-state index contributed by atoms with van der Waals surface area (Å²) in [6.45, 7) is 2.15. The zero-order valence-corrected chi connectivity index (χ0v) is 19.0. The lowest BCUT2D eigenvalue weighted by molar-refractivity contribution is -0.127. The molecule has 0 bridgehead atoms. The van der Waals surface area contributed by atoms with Gasteiger partial charge in [-0.1, -0.05) is 50.3 Å². The third-order valence-corrected chi connectivity index (χ3v) is 7.21. The van der Waals surface area contributed by atoms with E-state index in [9.17, 15) is 14.0 Å². The number of halogens is 1. The lowest BCUT2D eigenvalue weighted by Crippen LogP contribution is -2.65. The van der Waals surface area contributed by atoms with Crippen LogP contribution in [0.4, 0.5) is 10.1 Å². The standard InChI is InChI=1S/C27H30FN3O2/c1-27(26(33)29-21-10-5-3-2-4-6-11-21)18-30-23-12-8-7-9-19(23)17-24(30)25(32)31(27)22-15-13-20(28)14-16-22/h7-9,12-17,21H,2-6,10-11,18H2,1H3,(H,29,33). The molecule has 3 aromatic rings. The molecule has 1 atom stereocenters. The van der Waals surface area contributed by atoms with Crippen LogP contribution < -0.4 is 10.2 Å². The van der Waals surface area contributed by atoms with E-state index in [1.165, 1.54) is 31.4 Å². The number of hydrogen-bond acceptors (Lipinski definition) is 2. The van der Waals surface area contributed by atoms with Crippen molar-refractivity contribution in [3.63, 3.8) is 0 Å². The molecule has 1 unspecified atom stereocenters. The Morgan fingerprint density at radius 3 is 2.39 bits per heavy atom. The topological polar surface area (TPSA) is 54.3 Å². The summed E-state index contributed by atoms with van der Waals surface area (Å²) < 4.78 is 15.6. The number of nitrogens with one attached hydrogen (secondary N) is 1. The Labute approximate surface area is 193 Å². The Balaban J connectivity index is 1.56. The summed E-state index contributed by atoms with van der Waals surface area (Å²) in [4.78, 5) is 29.2. The molecule has 1 fully saturated rings. The molecule has 0 spiro atoms. The summed E-state index contributed by atoms with van der Waals surface area (Å²) in [6.07, 6.45) is 7.79. The summed E-state index contributed by atoms with van der Waals surface area (Å²) in [5.74, 6) is -0.786. The van der Waals surface area contributed by atoms with Gasteiger partial charge < -0.3 is 9.88 Å². The Hall–Kier alpha value is -3.15. The van der Waals surface area contributed by atoms with E-state index >= 15 is 0 Å². The van der Waals surface area contributed by atoms with Crippen LogP contribution in [0, 0.1) is 5.82 Å². The first-order chi connectivity index (χ1) is 16.0. The van der Waals surface area contributed by atoms with Crippen LogP contribution in [-0.4, -0.2) is 28.0 Å². The highest BCUT2D eigenvalue weighted by atomic mass is 19.1. The second-order valence-corrected chi connectivity index (χ2v) is 9.58. The van der Waals surface area contributed by atoms with E-state index in [1.807, 2.05) is 41.8 Å². The Morgan fingerprint density at radius 1 is 1.00 bits per heavy atom. The molecule has 0 saturated heterocycles. The van der Waals surface area contributed by atoms with Crippen molar-refractivity contribution >= 4 is 28.4 Å². The van der Waals surface area contributed by atoms with E-state index in [0.717, 1.165) is 36.6 Å². The number of rotatable bonds is 3. The van der Waals surface area contributed by atoms with Crippen molar-refractivity contribution in [2.45, 2.75) is 70.0 Å². The van der Waals surface area contributed by atoms with Crippen molar-refractivity contribution in [3.05, 3.63) is 66.1 Å². The van der Waals surface area contributed by atoms with Crippen molar-refractivity contribution in [3.8, 4) is 0 Å². The summed E-state index contributed by atoms with van der Waals surface area (Å²) in [6, 6.07) is 15.6. The van der Waals surface area contributed by atoms with Crippen molar-refractivity contribution in [1.82, 2.24) is 9.88 Å². The molecule has 1 aromatic heterocycles. The van der Waals surface area contributed by atoms with Crippen LogP contribution in [0.3, 0.4) is 0 Å². The highest BCUT2D eigenvalue weighted by Crippen LogP contribution is 2.36. The number of anilines is 1. The van der Waals surface area contributed by atoms with Crippen LogP contribution in [0.5, 0.6) is 0 Å². The SMILES string of the molecule is CC1(C(=O)NC2CCCCCCC2)Cn2c(cc3ccccc32)C(=O)N1c1ccc(F)cc1. The average Bonchev–Trinajstić information content (AvgIpc) is 3.15. The van der Waals surface area contributed by atoms with Crippen molar-refractivity contribution in [2.24, 2.45) is 0 Å². The molecule has 1 aliphatic heterocycles. The minimum Gasteiger partial charge on any atom is -0.351 e. The van der Waals surface area contributed by atoms with E-state index in [1.54, 1.807) is 17.0 Å². The third-order valence-electron chi connectivity index (χ3n) is 7.21. The normalized spacial score (nSPS) is 22.0. The van der Waals surface area contributed by atoms with Crippen LogP contribution in [0.25, 0.3) is 10.9 Å². The number of para-hydroxylation sites is 1. The average molecular weight is 448 g/mol. The molecule has 2 aromatic carbocycles. The molecular formula is C27H30FN3O2. The lowest BCUT2D eigenvalue weighted by Gasteiger charge is -2.44. The molecule has 2 amide bonds. The first kappa shape index (κ1) is 21.7. The fourth-order valence-corrected chi connectivity index (χ4v) is 5.38. The maximum absolute atomic E-state index is 13.9. The molecule has 1 N–H and O–H groups in total. The number of aromatic nitrogens is 1. The van der Waals surface area contributed by atoms with Gasteiger partial charge in [0.2, 0.25) is 5.91 Å². The van der Waals surface area contributed by atoms with E-state index in [2.05, 4.69) is 5.32 Å². The molecule has 5 rings (SSSR count). The first-order valence-electron chi connectivity index (χ1n) is 12.0. The Kier molecular flexibility index (Phi) is 5.69. The number of amides is 2. The third kappa shape index (κ3) is 3.92. The van der Waals surface area contributed by atoms with Crippen LogP contribution in [-0.2, 0) is 11.3 Å². The summed E-state index contributed by atoms with van der Waals surface area (Å²) in [5.41, 5.74) is 0.848. The van der Waals surface area contributed by atoms with E-state index in [4.69, 9.17) is 0 Å². The summed E-state index contributed by atoms with van der Waals surface area (Å²) in [5, 5.41) is 4.24. The van der Waals surface area contributed by atoms with Crippen LogP contribution in [0.2, 0.25) is 0 Å². The number of nitrogens with zero attached hydrogens (tertiary/aromatic N) is 2. The van der Waals surface area contributed by atoms with E-state index in [-0.39, 0.29) is 23.7 Å². The maximum atomic E-state index is 13.9. The van der Waals surface area contributed by atoms with Gasteiger partial charge >= 0.3 is 0 Å². The minimum atomic E-state index is -1.15. The van der Waals surface area contributed by atoms with Crippen LogP contribution >= 0.6 is 0 Å². The highest BCUT2D eigenvalue weighted by Gasteiger charge is 2.49. The van der Waals surface area contributed by atoms with E-state index in [0.29, 0.717) is 17.9 Å². The van der Waals surface area contributed by atoms with Gasteiger partial charge in [-0.3, -0.25) is 14.5 Å². The van der Waals surface area contributed by atoms with Gasteiger partial charge in [0, 0.05) is 22.6 Å². The zero-order chi connectivity index (χ0) is 23.0. The molecule has 6 heteroatoms. The van der Waals surface area contributed by atoms with Gasteiger partial charge in [0.05, 0.1) is 6.54 Å². The molecule has 5 nitrogen and oxygen atoms in total. The first-order valence-corrected chi connectivity index (χ1v) is 12.0. The highest BCUT2D eigenvalue weighted by molar-refractivity contribution is 6.14. The minimum absolute atomic E-state index is 0.114. The van der Waals surface area contributed by atoms with Crippen molar-refractivity contribution in [2.75, 3.05) is 4.90 Å². The quantitative estimate of drug-likeness (QED) is 0.582. The molecule has 33 heavy (non-hydrogen) atoms. The second-order valence-electron chi connectivity index (χ2n) is 9.58. The Bertz CT molecular complexity index is 1180. The zero-order valence-electron chi connectivity index (χ0n) is 19.0. The summed E-state index contributed by atoms with van der Waals surface area (Å²) >= 11 is 0. The molecule has 1 saturated carbocycles. The van der Waals surface area contributed by atoms with Gasteiger partial charge in [-0.2, -0.15) is 0 Å². The smallest absolute Gasteiger partial charge is 0.275 e. The molecule has 0 radical (unpaired) electrons. The Morgan fingerprint density at radius 2 is 1.67 bits per heavy atom. The number of carbonyl (C=O) groups is 2. The van der Waals surface area contributed by atoms with Gasteiger partial charge in [0.15, 0.2) is 0 Å². The largest absolute Gasteiger partial charge is 0.351 e. The fraction of sp³-hybridized carbons (Fsp3) is 0.407. The summed E-state index contributed by atoms with van der Waals surface area (Å²) in [7, 11) is 0.